The molecule has 0 unspecified atom stereocenters. The van der Waals surface area contributed by atoms with E-state index in [2.05, 4.69) is 29.3 Å². The second-order valence-corrected chi connectivity index (χ2v) is 8.93. The van der Waals surface area contributed by atoms with Crippen LogP contribution >= 0.6 is 11.6 Å². The van der Waals surface area contributed by atoms with E-state index in [1.165, 1.54) is 33.5 Å². The van der Waals surface area contributed by atoms with Gasteiger partial charge in [0, 0.05) is 37.1 Å². The molecule has 0 bridgehead atoms. The van der Waals surface area contributed by atoms with Crippen molar-refractivity contribution in [2.45, 2.75) is 25.8 Å². The van der Waals surface area contributed by atoms with E-state index in [0.29, 0.717) is 24.0 Å². The molecule has 1 aliphatic heterocycles. The summed E-state index contributed by atoms with van der Waals surface area (Å²) in [6.07, 6.45) is 8.55. The van der Waals surface area contributed by atoms with Gasteiger partial charge in [-0.2, -0.15) is 0 Å². The Labute approximate surface area is 192 Å². The Morgan fingerprint density at radius 2 is 1.94 bits per heavy atom. The molecule has 6 heteroatoms. The fraction of sp³-hybridized carbons (Fsp3) is 0.269. The van der Waals surface area contributed by atoms with Crippen LogP contribution in [-0.4, -0.2) is 33.4 Å². The Morgan fingerprint density at radius 3 is 2.72 bits per heavy atom. The van der Waals surface area contributed by atoms with Gasteiger partial charge >= 0.3 is 0 Å². The van der Waals surface area contributed by atoms with Crippen molar-refractivity contribution in [3.05, 3.63) is 93.0 Å². The Hall–Kier alpha value is -3.18. The molecular weight excluding hydrogens is 422 g/mol. The SMILES string of the molecule is O=C(Cn1cc(Cl)ccc1=O)N1CCC(C2=Cc3cc(-c4ccccn4)ccc3C2)CC1. The lowest BCUT2D eigenvalue weighted by Gasteiger charge is -2.33. The number of fused-ring (bicyclic) bond motifs is 1. The highest BCUT2D eigenvalue weighted by atomic mass is 35.5. The summed E-state index contributed by atoms with van der Waals surface area (Å²) >= 11 is 5.97. The number of likely N-dealkylation sites (tertiary alicyclic amines) is 1. The monoisotopic (exact) mass is 445 g/mol. The first-order valence-corrected chi connectivity index (χ1v) is 11.3. The number of piperidine rings is 1. The molecule has 0 radical (unpaired) electrons. The molecule has 1 aliphatic carbocycles. The van der Waals surface area contributed by atoms with Crippen LogP contribution in [0.5, 0.6) is 0 Å². The number of amides is 1. The third kappa shape index (κ3) is 4.26. The van der Waals surface area contributed by atoms with Gasteiger partial charge in [0.05, 0.1) is 10.7 Å². The third-order valence-electron chi connectivity index (χ3n) is 6.47. The topological polar surface area (TPSA) is 55.2 Å². The van der Waals surface area contributed by atoms with Crippen molar-refractivity contribution >= 4 is 23.6 Å². The van der Waals surface area contributed by atoms with Crippen molar-refractivity contribution in [3.8, 4) is 11.3 Å². The first-order chi connectivity index (χ1) is 15.6. The van der Waals surface area contributed by atoms with Crippen molar-refractivity contribution in [1.82, 2.24) is 14.5 Å². The van der Waals surface area contributed by atoms with Gasteiger partial charge < -0.3 is 9.47 Å². The lowest BCUT2D eigenvalue weighted by Crippen LogP contribution is -2.41. The van der Waals surface area contributed by atoms with E-state index in [1.807, 2.05) is 29.3 Å². The van der Waals surface area contributed by atoms with E-state index in [9.17, 15) is 9.59 Å². The number of halogens is 1. The maximum Gasteiger partial charge on any atom is 0.251 e. The number of hydrogen-bond acceptors (Lipinski definition) is 3. The molecule has 0 spiro atoms. The molecular formula is C26H24ClN3O2. The molecule has 2 aliphatic rings. The molecule has 0 atom stereocenters. The Morgan fingerprint density at radius 1 is 1.09 bits per heavy atom. The van der Waals surface area contributed by atoms with Crippen LogP contribution in [0.4, 0.5) is 0 Å². The minimum Gasteiger partial charge on any atom is -0.341 e. The Bertz CT molecular complexity index is 1240. The largest absolute Gasteiger partial charge is 0.341 e. The van der Waals surface area contributed by atoms with Gasteiger partial charge in [0.25, 0.3) is 5.56 Å². The van der Waals surface area contributed by atoms with Crippen LogP contribution in [0.15, 0.2) is 71.3 Å². The molecule has 0 saturated carbocycles. The third-order valence-corrected chi connectivity index (χ3v) is 6.69. The summed E-state index contributed by atoms with van der Waals surface area (Å²) in [7, 11) is 0. The molecule has 1 aromatic carbocycles. The van der Waals surface area contributed by atoms with Gasteiger partial charge in [-0.1, -0.05) is 41.4 Å². The second kappa shape index (κ2) is 8.75. The number of pyridine rings is 2. The Balaban J connectivity index is 1.22. The minimum atomic E-state index is -0.211. The summed E-state index contributed by atoms with van der Waals surface area (Å²) in [5.41, 5.74) is 6.01. The van der Waals surface area contributed by atoms with E-state index < -0.39 is 0 Å². The molecule has 1 saturated heterocycles. The summed E-state index contributed by atoms with van der Waals surface area (Å²) in [6.45, 7) is 1.46. The maximum absolute atomic E-state index is 12.7. The van der Waals surface area contributed by atoms with Crippen LogP contribution in [0, 0.1) is 5.92 Å². The van der Waals surface area contributed by atoms with Crippen LogP contribution < -0.4 is 5.56 Å². The molecule has 0 N–H and O–H groups in total. The van der Waals surface area contributed by atoms with E-state index in [0.717, 1.165) is 30.5 Å². The van der Waals surface area contributed by atoms with Gasteiger partial charge in [-0.25, -0.2) is 0 Å². The molecule has 3 aromatic rings. The van der Waals surface area contributed by atoms with Crippen LogP contribution in [-0.2, 0) is 17.8 Å². The van der Waals surface area contributed by atoms with Gasteiger partial charge in [0.1, 0.15) is 6.54 Å². The highest BCUT2D eigenvalue weighted by Crippen LogP contribution is 2.36. The number of nitrogens with zero attached hydrogens (tertiary/aromatic N) is 3. The highest BCUT2D eigenvalue weighted by molar-refractivity contribution is 6.30. The fourth-order valence-electron chi connectivity index (χ4n) is 4.69. The molecule has 32 heavy (non-hydrogen) atoms. The van der Waals surface area contributed by atoms with Crippen molar-refractivity contribution in [1.29, 1.82) is 0 Å². The zero-order valence-corrected chi connectivity index (χ0v) is 18.5. The van der Waals surface area contributed by atoms with Crippen LogP contribution in [0.3, 0.4) is 0 Å². The number of benzene rings is 1. The molecule has 1 fully saturated rings. The maximum atomic E-state index is 12.7. The summed E-state index contributed by atoms with van der Waals surface area (Å²) in [5, 5.41) is 0.454. The number of rotatable bonds is 4. The Kier molecular flexibility index (Phi) is 5.66. The van der Waals surface area contributed by atoms with Crippen LogP contribution in [0.1, 0.15) is 24.0 Å². The minimum absolute atomic E-state index is 0.0310. The van der Waals surface area contributed by atoms with Crippen molar-refractivity contribution in [3.63, 3.8) is 0 Å². The van der Waals surface area contributed by atoms with Crippen molar-refractivity contribution in [2.24, 2.45) is 5.92 Å². The molecule has 2 aromatic heterocycles. The summed E-state index contributed by atoms with van der Waals surface area (Å²) in [5.74, 6) is 0.454. The number of hydrogen-bond donors (Lipinski definition) is 0. The first-order valence-electron chi connectivity index (χ1n) is 11.0. The van der Waals surface area contributed by atoms with Crippen LogP contribution in [0.2, 0.25) is 5.02 Å². The van der Waals surface area contributed by atoms with E-state index in [-0.39, 0.29) is 18.0 Å². The lowest BCUT2D eigenvalue weighted by atomic mass is 9.88. The fourth-order valence-corrected chi connectivity index (χ4v) is 4.87. The van der Waals surface area contributed by atoms with E-state index in [1.54, 1.807) is 6.07 Å². The first kappa shape index (κ1) is 20.7. The molecule has 1 amide bonds. The molecule has 3 heterocycles. The van der Waals surface area contributed by atoms with Crippen LogP contribution in [0.25, 0.3) is 17.3 Å². The predicted octanol–water partition coefficient (Wildman–Crippen LogP) is 4.44. The van der Waals surface area contributed by atoms with Gasteiger partial charge in [0.2, 0.25) is 5.91 Å². The average Bonchev–Trinajstić information content (AvgIpc) is 3.25. The normalized spacial score (nSPS) is 16.0. The molecule has 162 valence electrons. The lowest BCUT2D eigenvalue weighted by molar-refractivity contribution is -0.133. The molecule has 5 nitrogen and oxygen atoms in total. The number of aromatic nitrogens is 2. The summed E-state index contributed by atoms with van der Waals surface area (Å²) in [4.78, 5) is 31.0. The quantitative estimate of drug-likeness (QED) is 0.596. The van der Waals surface area contributed by atoms with Gasteiger partial charge in [0.15, 0.2) is 0 Å². The standard InChI is InChI=1S/C26H24ClN3O2/c27-23-6-7-25(31)30(16-23)17-26(32)29-11-8-18(9-12-29)21-13-19-4-5-20(14-22(19)15-21)24-3-1-2-10-28-24/h1-7,10,14-16,18H,8-9,11-13,17H2. The highest BCUT2D eigenvalue weighted by Gasteiger charge is 2.27. The molecule has 5 rings (SSSR count). The number of carbonyl (C=O) groups excluding carboxylic acids is 1. The zero-order chi connectivity index (χ0) is 22.1. The van der Waals surface area contributed by atoms with Gasteiger partial charge in [-0.05, 0) is 60.6 Å². The number of carbonyl (C=O) groups is 1. The smallest absolute Gasteiger partial charge is 0.251 e. The van der Waals surface area contributed by atoms with Gasteiger partial charge in [-0.3, -0.25) is 14.6 Å². The van der Waals surface area contributed by atoms with Crippen molar-refractivity contribution < 1.29 is 4.79 Å². The average molecular weight is 446 g/mol. The zero-order valence-electron chi connectivity index (χ0n) is 17.7. The summed E-state index contributed by atoms with van der Waals surface area (Å²) < 4.78 is 1.38. The number of allylic oxidation sites excluding steroid dienone is 1. The predicted molar refractivity (Wildman–Crippen MR) is 126 cm³/mol. The van der Waals surface area contributed by atoms with Gasteiger partial charge in [-0.15, -0.1) is 0 Å². The second-order valence-electron chi connectivity index (χ2n) is 8.49. The van der Waals surface area contributed by atoms with E-state index in [4.69, 9.17) is 11.6 Å². The van der Waals surface area contributed by atoms with E-state index >= 15 is 0 Å². The van der Waals surface area contributed by atoms with Crippen molar-refractivity contribution in [2.75, 3.05) is 13.1 Å². The summed E-state index contributed by atoms with van der Waals surface area (Å²) in [6, 6.07) is 15.5.